The Morgan fingerprint density at radius 3 is 2.38 bits per heavy atom. The van der Waals surface area contributed by atoms with Crippen molar-refractivity contribution in [1.29, 1.82) is 0 Å². The van der Waals surface area contributed by atoms with Crippen molar-refractivity contribution in [3.05, 3.63) is 0 Å². The largest absolute Gasteiger partial charge is 0.458 e. The van der Waals surface area contributed by atoms with E-state index in [0.717, 1.165) is 0 Å². The molecule has 13 heavy (non-hydrogen) atoms. The Balaban J connectivity index is 2.02. The van der Waals surface area contributed by atoms with Gasteiger partial charge in [0.2, 0.25) is 0 Å². The molecule has 0 amide bonds. The van der Waals surface area contributed by atoms with E-state index in [9.17, 15) is 4.79 Å². The van der Waals surface area contributed by atoms with Crippen LogP contribution in [0.25, 0.3) is 0 Å². The highest BCUT2D eigenvalue weighted by Crippen LogP contribution is 2.45. The highest BCUT2D eigenvalue weighted by Gasteiger charge is 2.54. The lowest BCUT2D eigenvalue weighted by molar-refractivity contribution is -0.221. The predicted molar refractivity (Wildman–Crippen MR) is 50.2 cm³/mol. The summed E-state index contributed by atoms with van der Waals surface area (Å²) in [6.07, 6.45) is 6.46. The van der Waals surface area contributed by atoms with Gasteiger partial charge < -0.3 is 4.74 Å². The Hall–Kier alpha value is -0.530. The van der Waals surface area contributed by atoms with Crippen molar-refractivity contribution >= 4 is 5.97 Å². The maximum Gasteiger partial charge on any atom is 0.313 e. The topological polar surface area (TPSA) is 26.3 Å². The minimum Gasteiger partial charge on any atom is -0.458 e. The lowest BCUT2D eigenvalue weighted by atomic mass is 9.69. The standard InChI is InChI=1S/C11H18O2/c1-8-10(12)13-11(8,2)9-6-4-3-5-7-9/h8-9H,3-7H2,1-2H3/t8-,11-/m1/s1. The van der Waals surface area contributed by atoms with Crippen LogP contribution >= 0.6 is 0 Å². The quantitative estimate of drug-likeness (QED) is 0.582. The lowest BCUT2D eigenvalue weighted by Gasteiger charge is -2.49. The van der Waals surface area contributed by atoms with Gasteiger partial charge in [0.25, 0.3) is 0 Å². The Labute approximate surface area is 79.7 Å². The smallest absolute Gasteiger partial charge is 0.313 e. The normalized spacial score (nSPS) is 41.1. The molecule has 0 bridgehead atoms. The number of ether oxygens (including phenoxy) is 1. The molecular formula is C11H18O2. The fourth-order valence-electron chi connectivity index (χ4n) is 2.68. The number of cyclic esters (lactones) is 1. The number of esters is 1. The number of rotatable bonds is 1. The molecule has 2 fully saturated rings. The molecule has 0 aromatic rings. The summed E-state index contributed by atoms with van der Waals surface area (Å²) in [5.41, 5.74) is -0.127. The zero-order valence-corrected chi connectivity index (χ0v) is 8.51. The van der Waals surface area contributed by atoms with Gasteiger partial charge in [0.15, 0.2) is 0 Å². The van der Waals surface area contributed by atoms with Crippen LogP contribution in [-0.4, -0.2) is 11.6 Å². The first kappa shape index (κ1) is 9.04. The Bertz CT molecular complexity index is 218. The molecule has 1 aliphatic heterocycles. The van der Waals surface area contributed by atoms with Gasteiger partial charge >= 0.3 is 5.97 Å². The van der Waals surface area contributed by atoms with Crippen LogP contribution in [-0.2, 0) is 9.53 Å². The fourth-order valence-corrected chi connectivity index (χ4v) is 2.68. The van der Waals surface area contributed by atoms with E-state index in [4.69, 9.17) is 4.74 Å². The Morgan fingerprint density at radius 2 is 1.92 bits per heavy atom. The second-order valence-electron chi connectivity index (χ2n) is 4.66. The summed E-state index contributed by atoms with van der Waals surface area (Å²) in [7, 11) is 0. The molecule has 0 aromatic heterocycles. The summed E-state index contributed by atoms with van der Waals surface area (Å²) in [6, 6.07) is 0. The molecule has 74 valence electrons. The van der Waals surface area contributed by atoms with Crippen LogP contribution in [0, 0.1) is 11.8 Å². The molecule has 2 atom stereocenters. The first-order chi connectivity index (χ1) is 6.14. The summed E-state index contributed by atoms with van der Waals surface area (Å²) < 4.78 is 5.34. The van der Waals surface area contributed by atoms with E-state index in [0.29, 0.717) is 5.92 Å². The van der Waals surface area contributed by atoms with Gasteiger partial charge in [0.05, 0.1) is 5.92 Å². The van der Waals surface area contributed by atoms with E-state index < -0.39 is 0 Å². The van der Waals surface area contributed by atoms with Crippen LogP contribution in [0.15, 0.2) is 0 Å². The van der Waals surface area contributed by atoms with Crippen molar-refractivity contribution in [2.24, 2.45) is 11.8 Å². The first-order valence-electron chi connectivity index (χ1n) is 5.37. The summed E-state index contributed by atoms with van der Waals surface area (Å²) >= 11 is 0. The number of carbonyl (C=O) groups excluding carboxylic acids is 1. The highest BCUT2D eigenvalue weighted by atomic mass is 16.6. The molecule has 0 aromatic carbocycles. The van der Waals surface area contributed by atoms with Crippen LogP contribution < -0.4 is 0 Å². The van der Waals surface area contributed by atoms with Gasteiger partial charge in [-0.15, -0.1) is 0 Å². The third-order valence-corrected chi connectivity index (χ3v) is 3.95. The molecule has 0 spiro atoms. The highest BCUT2D eigenvalue weighted by molar-refractivity contribution is 5.79. The summed E-state index contributed by atoms with van der Waals surface area (Å²) in [4.78, 5) is 11.1. The third-order valence-electron chi connectivity index (χ3n) is 3.95. The molecule has 2 heteroatoms. The number of hydrogen-bond donors (Lipinski definition) is 0. The van der Waals surface area contributed by atoms with Gasteiger partial charge in [-0.25, -0.2) is 0 Å². The minimum atomic E-state index is -0.127. The maximum atomic E-state index is 11.1. The second-order valence-corrected chi connectivity index (χ2v) is 4.66. The van der Waals surface area contributed by atoms with Gasteiger partial charge in [0.1, 0.15) is 5.60 Å². The predicted octanol–water partition coefficient (Wildman–Crippen LogP) is 2.52. The molecule has 1 saturated carbocycles. The third kappa shape index (κ3) is 1.27. The van der Waals surface area contributed by atoms with E-state index in [-0.39, 0.29) is 17.5 Å². The van der Waals surface area contributed by atoms with Crippen LogP contribution in [0.2, 0.25) is 0 Å². The molecule has 0 unspecified atom stereocenters. The van der Waals surface area contributed by atoms with Crippen molar-refractivity contribution in [3.63, 3.8) is 0 Å². The minimum absolute atomic E-state index is 0.00641. The summed E-state index contributed by atoms with van der Waals surface area (Å²) in [6.45, 7) is 4.11. The zero-order chi connectivity index (χ0) is 9.47. The molecule has 1 heterocycles. The van der Waals surface area contributed by atoms with Gasteiger partial charge in [-0.1, -0.05) is 19.3 Å². The van der Waals surface area contributed by atoms with Crippen LogP contribution in [0.1, 0.15) is 46.0 Å². The average Bonchev–Trinajstić information content (AvgIpc) is 2.19. The molecule has 2 nitrogen and oxygen atoms in total. The first-order valence-corrected chi connectivity index (χ1v) is 5.37. The molecule has 1 saturated heterocycles. The molecule has 0 radical (unpaired) electrons. The van der Waals surface area contributed by atoms with Gasteiger partial charge in [-0.2, -0.15) is 0 Å². The molecule has 1 aliphatic carbocycles. The maximum absolute atomic E-state index is 11.1. The van der Waals surface area contributed by atoms with E-state index in [2.05, 4.69) is 6.92 Å². The molecule has 2 rings (SSSR count). The molecule has 0 N–H and O–H groups in total. The summed E-state index contributed by atoms with van der Waals surface area (Å²) in [5.74, 6) is 0.734. The van der Waals surface area contributed by atoms with E-state index in [1.54, 1.807) is 0 Å². The number of hydrogen-bond acceptors (Lipinski definition) is 2. The van der Waals surface area contributed by atoms with Crippen LogP contribution in [0.5, 0.6) is 0 Å². The Kier molecular flexibility index (Phi) is 2.09. The van der Waals surface area contributed by atoms with Crippen molar-refractivity contribution in [1.82, 2.24) is 0 Å². The van der Waals surface area contributed by atoms with Gasteiger partial charge in [-0.05, 0) is 32.6 Å². The van der Waals surface area contributed by atoms with Crippen molar-refractivity contribution in [2.75, 3.05) is 0 Å². The van der Waals surface area contributed by atoms with Gasteiger partial charge in [-0.3, -0.25) is 4.79 Å². The fraction of sp³-hybridized carbons (Fsp3) is 0.909. The molecular weight excluding hydrogens is 164 g/mol. The second kappa shape index (κ2) is 3.00. The van der Waals surface area contributed by atoms with Gasteiger partial charge in [0, 0.05) is 0 Å². The SMILES string of the molecule is C[C@@H]1C(=O)O[C@@]1(C)C1CCCCC1. The Morgan fingerprint density at radius 1 is 1.31 bits per heavy atom. The average molecular weight is 182 g/mol. The van der Waals surface area contributed by atoms with Crippen molar-refractivity contribution in [3.8, 4) is 0 Å². The van der Waals surface area contributed by atoms with E-state index >= 15 is 0 Å². The zero-order valence-electron chi connectivity index (χ0n) is 8.51. The lowest BCUT2D eigenvalue weighted by Crippen LogP contribution is -2.58. The van der Waals surface area contributed by atoms with E-state index in [1.807, 2.05) is 6.92 Å². The van der Waals surface area contributed by atoms with Crippen molar-refractivity contribution < 1.29 is 9.53 Å². The molecule has 2 aliphatic rings. The van der Waals surface area contributed by atoms with Crippen molar-refractivity contribution in [2.45, 2.75) is 51.6 Å². The summed E-state index contributed by atoms with van der Waals surface area (Å²) in [5, 5.41) is 0. The van der Waals surface area contributed by atoms with Crippen LogP contribution in [0.4, 0.5) is 0 Å². The number of carbonyl (C=O) groups is 1. The monoisotopic (exact) mass is 182 g/mol. The van der Waals surface area contributed by atoms with E-state index in [1.165, 1.54) is 32.1 Å². The van der Waals surface area contributed by atoms with Crippen LogP contribution in [0.3, 0.4) is 0 Å².